The molecule has 4 nitrogen and oxygen atoms in total. The van der Waals surface area contributed by atoms with Crippen molar-refractivity contribution in [3.8, 4) is 0 Å². The fraction of sp³-hybridized carbons (Fsp3) is 0.467. The van der Waals surface area contributed by atoms with Gasteiger partial charge in [0.1, 0.15) is 0 Å². The van der Waals surface area contributed by atoms with Gasteiger partial charge >= 0.3 is 0 Å². The van der Waals surface area contributed by atoms with Crippen LogP contribution in [0.3, 0.4) is 0 Å². The number of rotatable bonds is 1. The summed E-state index contributed by atoms with van der Waals surface area (Å²) in [7, 11) is 1.83. The van der Waals surface area contributed by atoms with Crippen molar-refractivity contribution in [3.63, 3.8) is 0 Å². The largest absolute Gasteiger partial charge is 0.341 e. The number of amides is 1. The van der Waals surface area contributed by atoms with E-state index >= 15 is 0 Å². The Bertz CT molecular complexity index is 581. The van der Waals surface area contributed by atoms with Crippen LogP contribution in [0.15, 0.2) is 12.2 Å². The van der Waals surface area contributed by atoms with Crippen molar-refractivity contribution < 1.29 is 4.79 Å². The molecule has 104 valence electrons. The second-order valence-electron chi connectivity index (χ2n) is 4.14. The van der Waals surface area contributed by atoms with Gasteiger partial charge < -0.3 is 4.90 Å². The molecule has 2 heterocycles. The van der Waals surface area contributed by atoms with E-state index in [-0.39, 0.29) is 5.91 Å². The highest BCUT2D eigenvalue weighted by atomic mass is 16.2. The van der Waals surface area contributed by atoms with E-state index in [2.05, 4.69) is 10.2 Å². The molecule has 1 aromatic rings. The Labute approximate surface area is 114 Å². The SMILES string of the molecule is C/C=C\C1=c2c(n[nH]/c2=C/C)CCN(C)C1=O.CC. The normalized spacial score (nSPS) is 16.3. The Morgan fingerprint density at radius 3 is 2.58 bits per heavy atom. The van der Waals surface area contributed by atoms with E-state index in [0.717, 1.165) is 28.3 Å². The average molecular weight is 261 g/mol. The third-order valence-electron chi connectivity index (χ3n) is 3.02. The van der Waals surface area contributed by atoms with E-state index in [1.54, 1.807) is 4.90 Å². The minimum Gasteiger partial charge on any atom is -0.341 e. The molecular weight excluding hydrogens is 238 g/mol. The van der Waals surface area contributed by atoms with Crippen LogP contribution < -0.4 is 10.6 Å². The summed E-state index contributed by atoms with van der Waals surface area (Å²) in [6.45, 7) is 8.57. The van der Waals surface area contributed by atoms with E-state index in [1.165, 1.54) is 0 Å². The molecule has 19 heavy (non-hydrogen) atoms. The molecule has 1 aliphatic heterocycles. The molecule has 1 N–H and O–H groups in total. The number of hydrogen-bond acceptors (Lipinski definition) is 2. The number of hydrogen-bond donors (Lipinski definition) is 1. The molecule has 1 amide bonds. The standard InChI is InChI=1S/C13H17N3O.C2H6/c1-4-6-9-12-10(5-2)14-15-11(12)7-8-16(3)13(9)17;1-2/h4-6,14H,7-8H2,1-3H3;1-2H3/b6-4-,10-5+;. The summed E-state index contributed by atoms with van der Waals surface area (Å²) in [5.74, 6) is 0.0614. The summed E-state index contributed by atoms with van der Waals surface area (Å²) >= 11 is 0. The predicted octanol–water partition coefficient (Wildman–Crippen LogP) is 0.978. The summed E-state index contributed by atoms with van der Waals surface area (Å²) in [5, 5.41) is 9.17. The van der Waals surface area contributed by atoms with E-state index in [0.29, 0.717) is 6.54 Å². The van der Waals surface area contributed by atoms with Gasteiger partial charge in [-0.15, -0.1) is 0 Å². The second-order valence-corrected chi connectivity index (χ2v) is 4.14. The monoisotopic (exact) mass is 261 g/mol. The Kier molecular flexibility index (Phi) is 5.55. The van der Waals surface area contributed by atoms with Gasteiger partial charge in [0.2, 0.25) is 0 Å². The third kappa shape index (κ3) is 2.95. The Morgan fingerprint density at radius 2 is 2.00 bits per heavy atom. The topological polar surface area (TPSA) is 49.0 Å². The number of aromatic nitrogens is 2. The van der Waals surface area contributed by atoms with Crippen LogP contribution in [0.2, 0.25) is 0 Å². The summed E-state index contributed by atoms with van der Waals surface area (Å²) in [6.07, 6.45) is 6.50. The molecule has 0 aliphatic carbocycles. The molecule has 0 fully saturated rings. The molecule has 0 spiro atoms. The van der Waals surface area contributed by atoms with Crippen molar-refractivity contribution in [2.24, 2.45) is 0 Å². The van der Waals surface area contributed by atoms with Gasteiger partial charge in [-0.1, -0.05) is 32.1 Å². The van der Waals surface area contributed by atoms with Gasteiger partial charge in [-0.3, -0.25) is 9.89 Å². The zero-order valence-corrected chi connectivity index (χ0v) is 12.4. The van der Waals surface area contributed by atoms with Gasteiger partial charge in [-0.25, -0.2) is 0 Å². The quantitative estimate of drug-likeness (QED) is 0.819. The molecule has 0 saturated heterocycles. The lowest BCUT2D eigenvalue weighted by Crippen LogP contribution is -2.32. The van der Waals surface area contributed by atoms with Gasteiger partial charge in [-0.2, -0.15) is 5.10 Å². The maximum atomic E-state index is 12.2. The van der Waals surface area contributed by atoms with Gasteiger partial charge in [0, 0.05) is 25.2 Å². The second kappa shape index (κ2) is 6.92. The van der Waals surface area contributed by atoms with E-state index in [4.69, 9.17) is 0 Å². The van der Waals surface area contributed by atoms with Crippen LogP contribution in [-0.2, 0) is 11.2 Å². The van der Waals surface area contributed by atoms with Crippen molar-refractivity contribution in [3.05, 3.63) is 28.4 Å². The van der Waals surface area contributed by atoms with E-state index < -0.39 is 0 Å². The van der Waals surface area contributed by atoms with Gasteiger partial charge in [0.25, 0.3) is 5.91 Å². The maximum Gasteiger partial charge on any atom is 0.254 e. The van der Waals surface area contributed by atoms with Crippen molar-refractivity contribution >= 4 is 17.6 Å². The number of aromatic amines is 1. The molecule has 0 atom stereocenters. The first-order valence-corrected chi connectivity index (χ1v) is 6.81. The van der Waals surface area contributed by atoms with Gasteiger partial charge in [0.15, 0.2) is 0 Å². The molecule has 0 radical (unpaired) electrons. The van der Waals surface area contributed by atoms with E-state index in [1.807, 2.05) is 53.0 Å². The van der Waals surface area contributed by atoms with Crippen molar-refractivity contribution in [1.82, 2.24) is 15.1 Å². The van der Waals surface area contributed by atoms with Gasteiger partial charge in [-0.05, 0) is 13.8 Å². The molecule has 0 unspecified atom stereocenters. The Balaban J connectivity index is 0.000000861. The smallest absolute Gasteiger partial charge is 0.254 e. The Hall–Kier alpha value is -1.84. The first kappa shape index (κ1) is 15.2. The number of H-pyrrole nitrogens is 1. The first-order chi connectivity index (χ1) is 9.19. The summed E-state index contributed by atoms with van der Waals surface area (Å²) < 4.78 is 0. The molecule has 4 heteroatoms. The maximum absolute atomic E-state index is 12.2. The molecule has 0 bridgehead atoms. The predicted molar refractivity (Wildman–Crippen MR) is 78.9 cm³/mol. The molecule has 1 aliphatic rings. The average Bonchev–Trinajstić information content (AvgIpc) is 2.81. The lowest BCUT2D eigenvalue weighted by Gasteiger charge is -2.14. The molecular formula is C15H23N3O. The lowest BCUT2D eigenvalue weighted by atomic mass is 10.1. The number of nitrogens with one attached hydrogen (secondary N) is 1. The van der Waals surface area contributed by atoms with Crippen LogP contribution in [0.5, 0.6) is 0 Å². The van der Waals surface area contributed by atoms with Crippen LogP contribution in [0.4, 0.5) is 0 Å². The zero-order chi connectivity index (χ0) is 14.4. The van der Waals surface area contributed by atoms with Crippen LogP contribution in [0, 0.1) is 0 Å². The van der Waals surface area contributed by atoms with Crippen molar-refractivity contribution in [2.45, 2.75) is 34.1 Å². The number of fused-ring (bicyclic) bond motifs is 1. The fourth-order valence-electron chi connectivity index (χ4n) is 2.09. The highest BCUT2D eigenvalue weighted by molar-refractivity contribution is 6.17. The van der Waals surface area contributed by atoms with Crippen LogP contribution in [0.25, 0.3) is 11.6 Å². The number of likely N-dealkylation sites (N-methyl/N-ethyl adjacent to an activating group) is 1. The van der Waals surface area contributed by atoms with E-state index in [9.17, 15) is 4.79 Å². The Morgan fingerprint density at radius 1 is 1.32 bits per heavy atom. The van der Waals surface area contributed by atoms with Gasteiger partial charge in [0.05, 0.1) is 16.6 Å². The lowest BCUT2D eigenvalue weighted by molar-refractivity contribution is -0.123. The molecule has 2 rings (SSSR count). The number of nitrogens with zero attached hydrogens (tertiary/aromatic N) is 2. The third-order valence-corrected chi connectivity index (χ3v) is 3.02. The molecule has 0 aromatic carbocycles. The number of carbonyl (C=O) groups is 1. The van der Waals surface area contributed by atoms with Crippen LogP contribution in [-0.4, -0.2) is 34.6 Å². The van der Waals surface area contributed by atoms with Crippen molar-refractivity contribution in [2.75, 3.05) is 13.6 Å². The van der Waals surface area contributed by atoms with Crippen molar-refractivity contribution in [1.29, 1.82) is 0 Å². The first-order valence-electron chi connectivity index (χ1n) is 6.81. The zero-order valence-electron chi connectivity index (χ0n) is 12.4. The summed E-state index contributed by atoms with van der Waals surface area (Å²) in [6, 6.07) is 0. The van der Waals surface area contributed by atoms with Crippen LogP contribution in [0.1, 0.15) is 33.4 Å². The highest BCUT2D eigenvalue weighted by Crippen LogP contribution is 2.07. The minimum absolute atomic E-state index is 0.0614. The number of carbonyl (C=O) groups excluding carboxylic acids is 1. The minimum atomic E-state index is 0.0614. The fourth-order valence-corrected chi connectivity index (χ4v) is 2.09. The highest BCUT2D eigenvalue weighted by Gasteiger charge is 2.20. The molecule has 0 saturated carbocycles. The summed E-state index contributed by atoms with van der Waals surface area (Å²) in [5.41, 5.74) is 1.70. The van der Waals surface area contributed by atoms with Crippen LogP contribution >= 0.6 is 0 Å². The molecule has 1 aromatic heterocycles. The number of allylic oxidation sites excluding steroid dienone is 1. The summed E-state index contributed by atoms with van der Waals surface area (Å²) in [4.78, 5) is 14.0.